The summed E-state index contributed by atoms with van der Waals surface area (Å²) in [4.78, 5) is 8.24. The first-order chi connectivity index (χ1) is 9.20. The Labute approximate surface area is 109 Å². The number of rotatable bonds is 2. The van der Waals surface area contributed by atoms with Gasteiger partial charge in [-0.15, -0.1) is 0 Å². The average molecular weight is 255 g/mol. The van der Waals surface area contributed by atoms with E-state index in [-0.39, 0.29) is 0 Å². The second-order valence-corrected chi connectivity index (χ2v) is 4.16. The minimum atomic E-state index is 0.427. The molecule has 0 radical (unpaired) electrons. The predicted molar refractivity (Wildman–Crippen MR) is 72.7 cm³/mol. The molecule has 96 valence electrons. The van der Waals surface area contributed by atoms with Gasteiger partial charge in [0, 0.05) is 12.6 Å². The number of hydrogen-bond donors (Lipinski definition) is 1. The Kier molecular flexibility index (Phi) is 2.56. The number of ether oxygens (including phenoxy) is 1. The fraction of sp³-hybridized carbons (Fsp3) is 0.154. The Bertz CT molecular complexity index is 750. The molecule has 0 aliphatic rings. The molecule has 3 rings (SSSR count). The quantitative estimate of drug-likeness (QED) is 0.752. The predicted octanol–water partition coefficient (Wildman–Crippen LogP) is 1.62. The van der Waals surface area contributed by atoms with Gasteiger partial charge in [0.1, 0.15) is 23.6 Å². The summed E-state index contributed by atoms with van der Waals surface area (Å²) in [6, 6.07) is 7.66. The maximum atomic E-state index is 5.94. The van der Waals surface area contributed by atoms with Crippen molar-refractivity contribution in [3.63, 3.8) is 0 Å². The van der Waals surface area contributed by atoms with Crippen molar-refractivity contribution in [1.29, 1.82) is 0 Å². The fourth-order valence-electron chi connectivity index (χ4n) is 2.08. The third kappa shape index (κ3) is 1.77. The summed E-state index contributed by atoms with van der Waals surface area (Å²) in [7, 11) is 3.46. The maximum Gasteiger partial charge on any atom is 0.163 e. The fourth-order valence-corrected chi connectivity index (χ4v) is 2.08. The summed E-state index contributed by atoms with van der Waals surface area (Å²) in [6.07, 6.45) is 1.44. The maximum absolute atomic E-state index is 5.94. The van der Waals surface area contributed by atoms with Gasteiger partial charge in [-0.25, -0.2) is 14.6 Å². The van der Waals surface area contributed by atoms with Crippen LogP contribution >= 0.6 is 0 Å². The van der Waals surface area contributed by atoms with Crippen LogP contribution in [0.25, 0.3) is 22.3 Å². The Hall–Kier alpha value is -2.63. The van der Waals surface area contributed by atoms with Gasteiger partial charge >= 0.3 is 0 Å². The molecule has 0 spiro atoms. The van der Waals surface area contributed by atoms with Crippen LogP contribution in [0.15, 0.2) is 30.6 Å². The van der Waals surface area contributed by atoms with E-state index in [1.807, 2.05) is 31.3 Å². The van der Waals surface area contributed by atoms with E-state index in [2.05, 4.69) is 15.1 Å². The number of anilines is 1. The van der Waals surface area contributed by atoms with Crippen LogP contribution in [0.1, 0.15) is 0 Å². The monoisotopic (exact) mass is 255 g/mol. The van der Waals surface area contributed by atoms with Crippen LogP contribution < -0.4 is 10.5 Å². The number of nitrogens with two attached hydrogens (primary N) is 1. The molecule has 0 aliphatic carbocycles. The topological polar surface area (TPSA) is 78.8 Å². The van der Waals surface area contributed by atoms with E-state index >= 15 is 0 Å². The largest absolute Gasteiger partial charge is 0.497 e. The molecule has 6 nitrogen and oxygen atoms in total. The second kappa shape index (κ2) is 4.24. The van der Waals surface area contributed by atoms with Crippen molar-refractivity contribution in [2.24, 2.45) is 7.05 Å². The Morgan fingerprint density at radius 1 is 1.26 bits per heavy atom. The molecule has 0 atom stereocenters. The highest BCUT2D eigenvalue weighted by atomic mass is 16.5. The van der Waals surface area contributed by atoms with Gasteiger partial charge in [0.05, 0.1) is 12.5 Å². The van der Waals surface area contributed by atoms with Crippen molar-refractivity contribution in [2.45, 2.75) is 0 Å². The molecular formula is C13H13N5O. The van der Waals surface area contributed by atoms with Crippen LogP contribution in [0.4, 0.5) is 5.82 Å². The van der Waals surface area contributed by atoms with Crippen LogP contribution in [0.2, 0.25) is 0 Å². The number of benzene rings is 1. The van der Waals surface area contributed by atoms with Gasteiger partial charge in [-0.05, 0) is 12.1 Å². The van der Waals surface area contributed by atoms with Crippen LogP contribution in [0.3, 0.4) is 0 Å². The van der Waals surface area contributed by atoms with Crippen molar-refractivity contribution < 1.29 is 4.74 Å². The minimum Gasteiger partial charge on any atom is -0.497 e. The van der Waals surface area contributed by atoms with Crippen LogP contribution in [0, 0.1) is 0 Å². The average Bonchev–Trinajstić information content (AvgIpc) is 2.78. The summed E-state index contributed by atoms with van der Waals surface area (Å²) in [5.74, 6) is 1.20. The summed E-state index contributed by atoms with van der Waals surface area (Å²) in [5.41, 5.74) is 8.34. The normalized spacial score (nSPS) is 10.8. The number of nitrogens with zero attached hydrogens (tertiary/aromatic N) is 4. The van der Waals surface area contributed by atoms with E-state index in [1.165, 1.54) is 6.33 Å². The van der Waals surface area contributed by atoms with E-state index in [9.17, 15) is 0 Å². The van der Waals surface area contributed by atoms with E-state index < -0.39 is 0 Å². The van der Waals surface area contributed by atoms with Gasteiger partial charge in [-0.3, -0.25) is 0 Å². The Balaban J connectivity index is 2.30. The second-order valence-electron chi connectivity index (χ2n) is 4.16. The molecule has 2 N–H and O–H groups in total. The number of aryl methyl sites for hydroxylation is 1. The molecule has 0 saturated carbocycles. The Morgan fingerprint density at radius 2 is 2.11 bits per heavy atom. The first kappa shape index (κ1) is 11.5. The SMILES string of the molecule is COc1cccc(-c2nn(C)c3ncnc(N)c23)c1. The third-order valence-electron chi connectivity index (χ3n) is 2.99. The molecule has 19 heavy (non-hydrogen) atoms. The molecule has 0 amide bonds. The zero-order chi connectivity index (χ0) is 13.4. The molecule has 2 heterocycles. The highest BCUT2D eigenvalue weighted by Crippen LogP contribution is 2.31. The minimum absolute atomic E-state index is 0.427. The molecule has 0 aliphatic heterocycles. The molecule has 0 fully saturated rings. The van der Waals surface area contributed by atoms with Crippen molar-refractivity contribution in [3.8, 4) is 17.0 Å². The molecule has 6 heteroatoms. The Morgan fingerprint density at radius 3 is 2.89 bits per heavy atom. The van der Waals surface area contributed by atoms with Gasteiger partial charge in [0.25, 0.3) is 0 Å². The van der Waals surface area contributed by atoms with Crippen molar-refractivity contribution in [1.82, 2.24) is 19.7 Å². The van der Waals surface area contributed by atoms with Gasteiger partial charge in [0.2, 0.25) is 0 Å². The molecule has 2 aromatic heterocycles. The molecule has 0 bridgehead atoms. The molecule has 1 aromatic carbocycles. The standard InChI is InChI=1S/C13H13N5O/c1-18-13-10(12(14)15-7-16-13)11(17-18)8-4-3-5-9(6-8)19-2/h3-7H,1-2H3,(H2,14,15,16). The number of methoxy groups -OCH3 is 1. The number of hydrogen-bond acceptors (Lipinski definition) is 5. The van der Waals surface area contributed by atoms with Crippen molar-refractivity contribution in [2.75, 3.05) is 12.8 Å². The van der Waals surface area contributed by atoms with Crippen LogP contribution in [-0.4, -0.2) is 26.9 Å². The van der Waals surface area contributed by atoms with Gasteiger partial charge in [0.15, 0.2) is 5.65 Å². The van der Waals surface area contributed by atoms with E-state index in [0.29, 0.717) is 11.5 Å². The number of aromatic nitrogens is 4. The number of fused-ring (bicyclic) bond motifs is 1. The summed E-state index contributed by atoms with van der Waals surface area (Å²) >= 11 is 0. The third-order valence-corrected chi connectivity index (χ3v) is 2.99. The van der Waals surface area contributed by atoms with Crippen LogP contribution in [0.5, 0.6) is 5.75 Å². The van der Waals surface area contributed by atoms with E-state index in [0.717, 1.165) is 22.4 Å². The first-order valence-corrected chi connectivity index (χ1v) is 5.78. The number of nitrogen functional groups attached to an aromatic ring is 1. The highest BCUT2D eigenvalue weighted by molar-refractivity contribution is 5.98. The molecule has 0 unspecified atom stereocenters. The molecular weight excluding hydrogens is 242 g/mol. The van der Waals surface area contributed by atoms with Crippen LogP contribution in [-0.2, 0) is 7.05 Å². The smallest absolute Gasteiger partial charge is 0.163 e. The first-order valence-electron chi connectivity index (χ1n) is 5.78. The summed E-state index contributed by atoms with van der Waals surface area (Å²) in [5, 5.41) is 5.24. The highest BCUT2D eigenvalue weighted by Gasteiger charge is 2.15. The zero-order valence-corrected chi connectivity index (χ0v) is 10.7. The van der Waals surface area contributed by atoms with E-state index in [1.54, 1.807) is 11.8 Å². The van der Waals surface area contributed by atoms with Gasteiger partial charge in [-0.2, -0.15) is 5.10 Å². The lowest BCUT2D eigenvalue weighted by Crippen LogP contribution is -1.95. The summed E-state index contributed by atoms with van der Waals surface area (Å²) < 4.78 is 6.92. The lowest BCUT2D eigenvalue weighted by molar-refractivity contribution is 0.415. The lowest BCUT2D eigenvalue weighted by atomic mass is 10.1. The van der Waals surface area contributed by atoms with Gasteiger partial charge in [-0.1, -0.05) is 12.1 Å². The van der Waals surface area contributed by atoms with Crippen molar-refractivity contribution >= 4 is 16.9 Å². The van der Waals surface area contributed by atoms with E-state index in [4.69, 9.17) is 10.5 Å². The lowest BCUT2D eigenvalue weighted by Gasteiger charge is -2.02. The molecule has 0 saturated heterocycles. The summed E-state index contributed by atoms with van der Waals surface area (Å²) in [6.45, 7) is 0. The molecule has 3 aromatic rings. The van der Waals surface area contributed by atoms with Crippen molar-refractivity contribution in [3.05, 3.63) is 30.6 Å². The van der Waals surface area contributed by atoms with Gasteiger partial charge < -0.3 is 10.5 Å². The zero-order valence-electron chi connectivity index (χ0n) is 10.7.